The quantitative estimate of drug-likeness (QED) is 0.438. The first-order valence-corrected chi connectivity index (χ1v) is 10.4. The van der Waals surface area contributed by atoms with Gasteiger partial charge < -0.3 is 23.8 Å². The van der Waals surface area contributed by atoms with Crippen molar-refractivity contribution in [3.05, 3.63) is 70.4 Å². The Morgan fingerprint density at radius 1 is 0.935 bits per heavy atom. The minimum atomic E-state index is -0.146. The van der Waals surface area contributed by atoms with Crippen LogP contribution in [0.4, 0.5) is 5.69 Å². The Bertz CT molecular complexity index is 1000. The number of methoxy groups -OCH3 is 4. The van der Waals surface area contributed by atoms with Crippen molar-refractivity contribution in [1.29, 1.82) is 0 Å². The number of amides is 1. The molecule has 1 aromatic heterocycles. The second-order valence-corrected chi connectivity index (χ2v) is 7.53. The van der Waals surface area contributed by atoms with E-state index >= 15 is 0 Å². The molecule has 0 fully saturated rings. The van der Waals surface area contributed by atoms with Gasteiger partial charge in [0.15, 0.2) is 11.5 Å². The number of rotatable bonds is 9. The number of hydrogen-bond donors (Lipinski definition) is 0. The Kier molecular flexibility index (Phi) is 7.56. The first kappa shape index (κ1) is 22.2. The van der Waals surface area contributed by atoms with Crippen LogP contribution in [-0.4, -0.2) is 34.3 Å². The van der Waals surface area contributed by atoms with Crippen molar-refractivity contribution >= 4 is 29.0 Å². The monoisotopic (exact) mass is 439 g/mol. The van der Waals surface area contributed by atoms with Crippen LogP contribution in [0.25, 0.3) is 6.08 Å². The highest BCUT2D eigenvalue weighted by molar-refractivity contribution is 7.09. The average molecular weight is 440 g/mol. The van der Waals surface area contributed by atoms with E-state index in [0.29, 0.717) is 23.8 Å². The van der Waals surface area contributed by atoms with E-state index in [1.54, 1.807) is 69.0 Å². The maximum absolute atomic E-state index is 13.2. The van der Waals surface area contributed by atoms with Gasteiger partial charge in [-0.15, -0.1) is 11.3 Å². The first-order chi connectivity index (χ1) is 15.1. The van der Waals surface area contributed by atoms with Gasteiger partial charge in [0.05, 0.1) is 35.0 Å². The zero-order valence-electron chi connectivity index (χ0n) is 18.0. The van der Waals surface area contributed by atoms with Crippen LogP contribution in [0.3, 0.4) is 0 Å². The Morgan fingerprint density at radius 3 is 2.13 bits per heavy atom. The number of nitrogens with zero attached hydrogens (tertiary/aromatic N) is 1. The van der Waals surface area contributed by atoms with Gasteiger partial charge in [-0.1, -0.05) is 6.07 Å². The van der Waals surface area contributed by atoms with Gasteiger partial charge in [-0.2, -0.15) is 0 Å². The standard InChI is InChI=1S/C24H25NO5S/c1-27-19-10-8-18(9-11-19)25(16-20-6-5-13-31-20)23(26)12-7-17-14-21(28-2)24(30-4)22(15-17)29-3/h5-15H,16H2,1-4H3/b12-7+. The van der Waals surface area contributed by atoms with Gasteiger partial charge in [0.1, 0.15) is 5.75 Å². The molecule has 0 atom stereocenters. The predicted octanol–water partition coefficient (Wildman–Crippen LogP) is 5.03. The molecule has 7 heteroatoms. The van der Waals surface area contributed by atoms with Gasteiger partial charge in [0, 0.05) is 16.6 Å². The molecule has 162 valence electrons. The number of anilines is 1. The summed E-state index contributed by atoms with van der Waals surface area (Å²) in [7, 11) is 6.28. The van der Waals surface area contributed by atoms with Crippen molar-refractivity contribution in [3.8, 4) is 23.0 Å². The van der Waals surface area contributed by atoms with Gasteiger partial charge in [0.2, 0.25) is 5.75 Å². The maximum atomic E-state index is 13.2. The molecule has 0 bridgehead atoms. The molecule has 0 unspecified atom stereocenters. The molecule has 1 amide bonds. The fraction of sp³-hybridized carbons (Fsp3) is 0.208. The summed E-state index contributed by atoms with van der Waals surface area (Å²) in [6, 6.07) is 15.0. The summed E-state index contributed by atoms with van der Waals surface area (Å²) in [5.74, 6) is 2.15. The van der Waals surface area contributed by atoms with Crippen molar-refractivity contribution < 1.29 is 23.7 Å². The van der Waals surface area contributed by atoms with Crippen molar-refractivity contribution in [3.63, 3.8) is 0 Å². The highest BCUT2D eigenvalue weighted by Crippen LogP contribution is 2.38. The van der Waals surface area contributed by atoms with Gasteiger partial charge >= 0.3 is 0 Å². The molecule has 0 radical (unpaired) electrons. The molecule has 0 spiro atoms. The minimum Gasteiger partial charge on any atom is -0.497 e. The van der Waals surface area contributed by atoms with Crippen LogP contribution in [-0.2, 0) is 11.3 Å². The summed E-state index contributed by atoms with van der Waals surface area (Å²) in [4.78, 5) is 16.0. The van der Waals surface area contributed by atoms with Crippen LogP contribution in [0.1, 0.15) is 10.4 Å². The van der Waals surface area contributed by atoms with Gasteiger partial charge in [-0.25, -0.2) is 0 Å². The lowest BCUT2D eigenvalue weighted by atomic mass is 10.1. The van der Waals surface area contributed by atoms with Crippen LogP contribution in [0, 0.1) is 0 Å². The lowest BCUT2D eigenvalue weighted by Gasteiger charge is -2.21. The summed E-state index contributed by atoms with van der Waals surface area (Å²) in [5.41, 5.74) is 1.54. The number of thiophene rings is 1. The van der Waals surface area contributed by atoms with Crippen LogP contribution >= 0.6 is 11.3 Å². The first-order valence-electron chi connectivity index (χ1n) is 9.55. The molecular formula is C24H25NO5S. The Morgan fingerprint density at radius 2 is 1.61 bits per heavy atom. The molecule has 0 aliphatic carbocycles. The van der Waals surface area contributed by atoms with Crippen molar-refractivity contribution in [2.45, 2.75) is 6.54 Å². The van der Waals surface area contributed by atoms with Crippen LogP contribution < -0.4 is 23.8 Å². The fourth-order valence-electron chi connectivity index (χ4n) is 3.07. The molecule has 1 heterocycles. The largest absolute Gasteiger partial charge is 0.497 e. The van der Waals surface area contributed by atoms with E-state index in [9.17, 15) is 4.79 Å². The van der Waals surface area contributed by atoms with E-state index in [0.717, 1.165) is 21.9 Å². The predicted molar refractivity (Wildman–Crippen MR) is 124 cm³/mol. The number of carbonyl (C=O) groups excluding carboxylic acids is 1. The Balaban J connectivity index is 1.89. The molecule has 0 aliphatic rings. The summed E-state index contributed by atoms with van der Waals surface area (Å²) in [6.45, 7) is 0.475. The Labute approximate surface area is 186 Å². The molecule has 3 aromatic rings. The number of hydrogen-bond acceptors (Lipinski definition) is 6. The molecule has 0 saturated heterocycles. The summed E-state index contributed by atoms with van der Waals surface area (Å²) in [5, 5.41) is 2.00. The van der Waals surface area contributed by atoms with E-state index in [1.807, 2.05) is 41.8 Å². The normalized spacial score (nSPS) is 10.7. The highest BCUT2D eigenvalue weighted by atomic mass is 32.1. The average Bonchev–Trinajstić information content (AvgIpc) is 3.33. The molecule has 0 N–H and O–H groups in total. The number of ether oxygens (including phenoxy) is 4. The van der Waals surface area contributed by atoms with E-state index in [2.05, 4.69) is 0 Å². The smallest absolute Gasteiger partial charge is 0.251 e. The fourth-order valence-corrected chi connectivity index (χ4v) is 3.76. The van der Waals surface area contributed by atoms with E-state index in [4.69, 9.17) is 18.9 Å². The van der Waals surface area contributed by atoms with E-state index in [1.165, 1.54) is 0 Å². The number of benzene rings is 2. The minimum absolute atomic E-state index is 0.146. The third-order valence-corrected chi connectivity index (χ3v) is 5.51. The van der Waals surface area contributed by atoms with Crippen LogP contribution in [0.15, 0.2) is 60.0 Å². The molecule has 0 saturated carbocycles. The lowest BCUT2D eigenvalue weighted by molar-refractivity contribution is -0.114. The van der Waals surface area contributed by atoms with E-state index < -0.39 is 0 Å². The van der Waals surface area contributed by atoms with Gasteiger partial charge in [-0.05, 0) is 59.5 Å². The second kappa shape index (κ2) is 10.5. The van der Waals surface area contributed by atoms with Crippen LogP contribution in [0.2, 0.25) is 0 Å². The molecular weight excluding hydrogens is 414 g/mol. The highest BCUT2D eigenvalue weighted by Gasteiger charge is 2.16. The third kappa shape index (κ3) is 5.38. The molecule has 3 rings (SSSR count). The third-order valence-electron chi connectivity index (χ3n) is 4.65. The van der Waals surface area contributed by atoms with Crippen LogP contribution in [0.5, 0.6) is 23.0 Å². The second-order valence-electron chi connectivity index (χ2n) is 6.49. The van der Waals surface area contributed by atoms with Crippen molar-refractivity contribution in [2.24, 2.45) is 0 Å². The summed E-state index contributed by atoms with van der Waals surface area (Å²) < 4.78 is 21.4. The summed E-state index contributed by atoms with van der Waals surface area (Å²) in [6.07, 6.45) is 3.27. The van der Waals surface area contributed by atoms with Crippen molar-refractivity contribution in [1.82, 2.24) is 0 Å². The van der Waals surface area contributed by atoms with Gasteiger partial charge in [0.25, 0.3) is 5.91 Å². The summed E-state index contributed by atoms with van der Waals surface area (Å²) >= 11 is 1.61. The molecule has 0 aliphatic heterocycles. The molecule has 2 aromatic carbocycles. The molecule has 31 heavy (non-hydrogen) atoms. The lowest BCUT2D eigenvalue weighted by Crippen LogP contribution is -2.28. The van der Waals surface area contributed by atoms with E-state index in [-0.39, 0.29) is 5.91 Å². The van der Waals surface area contributed by atoms with Gasteiger partial charge in [-0.3, -0.25) is 4.79 Å². The number of carbonyl (C=O) groups is 1. The Hall–Kier alpha value is -3.45. The molecule has 6 nitrogen and oxygen atoms in total. The zero-order valence-corrected chi connectivity index (χ0v) is 18.8. The topological polar surface area (TPSA) is 57.2 Å². The van der Waals surface area contributed by atoms with Crippen molar-refractivity contribution in [2.75, 3.05) is 33.3 Å². The zero-order chi connectivity index (χ0) is 22.2. The maximum Gasteiger partial charge on any atom is 0.251 e. The SMILES string of the molecule is COc1ccc(N(Cc2cccs2)C(=O)/C=C/c2cc(OC)c(OC)c(OC)c2)cc1.